The summed E-state index contributed by atoms with van der Waals surface area (Å²) in [6.45, 7) is 3.35. The summed E-state index contributed by atoms with van der Waals surface area (Å²) in [7, 11) is 0. The van der Waals surface area contributed by atoms with Crippen molar-refractivity contribution in [3.05, 3.63) is 46.9 Å². The number of hydrogen-bond acceptors (Lipinski definition) is 5. The summed E-state index contributed by atoms with van der Waals surface area (Å²) in [4.78, 5) is 35.6. The molecule has 3 amide bonds. The van der Waals surface area contributed by atoms with Gasteiger partial charge < -0.3 is 10.1 Å². The van der Waals surface area contributed by atoms with Crippen LogP contribution in [-0.2, 0) is 9.59 Å². The van der Waals surface area contributed by atoms with Gasteiger partial charge in [0.25, 0.3) is 11.1 Å². The zero-order valence-corrected chi connectivity index (χ0v) is 18.6. The molecule has 0 bridgehead atoms. The minimum absolute atomic E-state index is 0.0637. The molecule has 0 unspecified atom stereocenters. The van der Waals surface area contributed by atoms with Crippen LogP contribution in [0.5, 0.6) is 5.75 Å². The Kier molecular flexibility index (Phi) is 8.53. The molecule has 0 aromatic heterocycles. The highest BCUT2D eigenvalue weighted by atomic mass is 32.2. The molecule has 6 nitrogen and oxygen atoms in total. The fourth-order valence-corrected chi connectivity index (χ4v) is 4.06. The van der Waals surface area contributed by atoms with Crippen molar-refractivity contribution in [2.75, 3.05) is 13.2 Å². The second-order valence-corrected chi connectivity index (χ2v) is 8.43. The smallest absolute Gasteiger partial charge is 0.290 e. The molecule has 0 spiro atoms. The van der Waals surface area contributed by atoms with Gasteiger partial charge in [-0.05, 0) is 47.7 Å². The standard InChI is InChI=1S/C24H28N2O4S/c1-2-3-4-7-14-25-22(27)11-8-15-30-20-13-12-17(18-9-5-6-10-19(18)20)16-21-23(28)26-24(29)31-21/h5-6,9-10,12-13,16H,2-4,7-8,11,14-15H2,1H3,(H,25,27)(H,26,28,29). The fourth-order valence-electron chi connectivity index (χ4n) is 3.39. The van der Waals surface area contributed by atoms with Crippen molar-refractivity contribution in [2.45, 2.75) is 45.4 Å². The summed E-state index contributed by atoms with van der Waals surface area (Å²) in [5, 5.41) is 6.73. The average Bonchev–Trinajstić information content (AvgIpc) is 3.08. The SMILES string of the molecule is CCCCCCNC(=O)CCCOc1ccc(C=C2SC(=O)NC2=O)c2ccccc12. The Balaban J connectivity index is 1.56. The van der Waals surface area contributed by atoms with Crippen molar-refractivity contribution in [1.29, 1.82) is 0 Å². The predicted octanol–water partition coefficient (Wildman–Crippen LogP) is 5.02. The monoisotopic (exact) mass is 440 g/mol. The Labute approximate surface area is 186 Å². The molecular formula is C24H28N2O4S. The fraction of sp³-hybridized carbons (Fsp3) is 0.375. The van der Waals surface area contributed by atoms with Gasteiger partial charge in [0.15, 0.2) is 0 Å². The van der Waals surface area contributed by atoms with Crippen LogP contribution in [0, 0.1) is 0 Å². The lowest BCUT2D eigenvalue weighted by atomic mass is 10.0. The van der Waals surface area contributed by atoms with Crippen LogP contribution in [0.25, 0.3) is 16.8 Å². The molecule has 0 atom stereocenters. The molecule has 1 aliphatic heterocycles. The quantitative estimate of drug-likeness (QED) is 0.379. The molecule has 0 radical (unpaired) electrons. The number of unbranched alkanes of at least 4 members (excludes halogenated alkanes) is 3. The third-order valence-electron chi connectivity index (χ3n) is 5.00. The summed E-state index contributed by atoms with van der Waals surface area (Å²) in [6.07, 6.45) is 7.38. The van der Waals surface area contributed by atoms with Crippen molar-refractivity contribution in [1.82, 2.24) is 10.6 Å². The summed E-state index contributed by atoms with van der Waals surface area (Å²) in [5.41, 5.74) is 0.845. The van der Waals surface area contributed by atoms with Gasteiger partial charge in [-0.3, -0.25) is 19.7 Å². The summed E-state index contributed by atoms with van der Waals surface area (Å²) >= 11 is 0.902. The molecule has 3 rings (SSSR count). The van der Waals surface area contributed by atoms with Gasteiger partial charge in [0.1, 0.15) is 5.75 Å². The highest BCUT2D eigenvalue weighted by Gasteiger charge is 2.25. The van der Waals surface area contributed by atoms with Crippen LogP contribution in [0.4, 0.5) is 4.79 Å². The van der Waals surface area contributed by atoms with Gasteiger partial charge in [-0.1, -0.05) is 56.5 Å². The highest BCUT2D eigenvalue weighted by molar-refractivity contribution is 8.18. The molecule has 1 heterocycles. The summed E-state index contributed by atoms with van der Waals surface area (Å²) < 4.78 is 5.95. The van der Waals surface area contributed by atoms with E-state index in [2.05, 4.69) is 17.6 Å². The van der Waals surface area contributed by atoms with Crippen LogP contribution >= 0.6 is 11.8 Å². The van der Waals surface area contributed by atoms with Crippen molar-refractivity contribution in [2.24, 2.45) is 0 Å². The van der Waals surface area contributed by atoms with Crippen LogP contribution in [0.3, 0.4) is 0 Å². The largest absolute Gasteiger partial charge is 0.493 e. The first kappa shape index (κ1) is 22.9. The molecule has 2 N–H and O–H groups in total. The maximum Gasteiger partial charge on any atom is 0.290 e. The number of thioether (sulfide) groups is 1. The summed E-state index contributed by atoms with van der Waals surface area (Å²) in [5.74, 6) is 0.425. The number of imide groups is 1. The Morgan fingerprint density at radius 2 is 1.87 bits per heavy atom. The molecule has 1 fully saturated rings. The van der Waals surface area contributed by atoms with Crippen molar-refractivity contribution < 1.29 is 19.1 Å². The Morgan fingerprint density at radius 3 is 2.61 bits per heavy atom. The summed E-state index contributed by atoms with van der Waals surface area (Å²) in [6, 6.07) is 11.5. The molecular weight excluding hydrogens is 412 g/mol. The molecule has 0 saturated carbocycles. The molecule has 164 valence electrons. The Hall–Kier alpha value is -2.80. The van der Waals surface area contributed by atoms with Gasteiger partial charge in [0, 0.05) is 18.4 Å². The maximum atomic E-state index is 11.9. The number of carbonyl (C=O) groups excluding carboxylic acids is 3. The number of carbonyl (C=O) groups is 3. The van der Waals surface area contributed by atoms with E-state index in [0.29, 0.717) is 24.4 Å². The topological polar surface area (TPSA) is 84.5 Å². The van der Waals surface area contributed by atoms with E-state index in [1.54, 1.807) is 6.08 Å². The normalized spacial score (nSPS) is 14.8. The lowest BCUT2D eigenvalue weighted by Gasteiger charge is -2.11. The van der Waals surface area contributed by atoms with E-state index >= 15 is 0 Å². The number of amides is 3. The van der Waals surface area contributed by atoms with Gasteiger partial charge in [-0.2, -0.15) is 0 Å². The van der Waals surface area contributed by atoms with Gasteiger partial charge in [0.05, 0.1) is 11.5 Å². The first-order chi connectivity index (χ1) is 15.1. The number of fused-ring (bicyclic) bond motifs is 1. The lowest BCUT2D eigenvalue weighted by molar-refractivity contribution is -0.121. The first-order valence-corrected chi connectivity index (χ1v) is 11.6. The number of nitrogens with one attached hydrogen (secondary N) is 2. The van der Waals surface area contributed by atoms with Gasteiger partial charge in [-0.25, -0.2) is 0 Å². The van der Waals surface area contributed by atoms with Crippen molar-refractivity contribution >= 4 is 45.7 Å². The minimum atomic E-state index is -0.372. The number of rotatable bonds is 11. The van der Waals surface area contributed by atoms with Crippen LogP contribution in [0.2, 0.25) is 0 Å². The van der Waals surface area contributed by atoms with Crippen molar-refractivity contribution in [3.63, 3.8) is 0 Å². The first-order valence-electron chi connectivity index (χ1n) is 10.7. The van der Waals surface area contributed by atoms with Crippen molar-refractivity contribution in [3.8, 4) is 5.75 Å². The van der Waals surface area contributed by atoms with Gasteiger partial charge in [0.2, 0.25) is 5.91 Å². The van der Waals surface area contributed by atoms with E-state index in [4.69, 9.17) is 4.74 Å². The molecule has 2 aromatic carbocycles. The number of hydrogen-bond donors (Lipinski definition) is 2. The van der Waals surface area contributed by atoms with Gasteiger partial charge >= 0.3 is 0 Å². The highest BCUT2D eigenvalue weighted by Crippen LogP contribution is 2.32. The zero-order chi connectivity index (χ0) is 22.1. The molecule has 1 saturated heterocycles. The molecule has 0 aliphatic carbocycles. The minimum Gasteiger partial charge on any atom is -0.493 e. The Morgan fingerprint density at radius 1 is 1.06 bits per heavy atom. The van der Waals surface area contributed by atoms with E-state index in [1.807, 2.05) is 36.4 Å². The van der Waals surface area contributed by atoms with E-state index < -0.39 is 0 Å². The predicted molar refractivity (Wildman–Crippen MR) is 125 cm³/mol. The maximum absolute atomic E-state index is 11.9. The number of ether oxygens (including phenoxy) is 1. The van der Waals surface area contributed by atoms with Crippen LogP contribution in [0.1, 0.15) is 51.0 Å². The lowest BCUT2D eigenvalue weighted by Crippen LogP contribution is -2.24. The average molecular weight is 441 g/mol. The van der Waals surface area contributed by atoms with Crippen LogP contribution < -0.4 is 15.4 Å². The van der Waals surface area contributed by atoms with E-state index in [1.165, 1.54) is 12.8 Å². The van der Waals surface area contributed by atoms with E-state index in [9.17, 15) is 14.4 Å². The zero-order valence-electron chi connectivity index (χ0n) is 17.7. The molecule has 31 heavy (non-hydrogen) atoms. The van der Waals surface area contributed by atoms with E-state index in [-0.39, 0.29) is 17.1 Å². The van der Waals surface area contributed by atoms with Crippen LogP contribution in [-0.4, -0.2) is 30.2 Å². The molecule has 2 aromatic rings. The number of benzene rings is 2. The third-order valence-corrected chi connectivity index (χ3v) is 5.82. The van der Waals surface area contributed by atoms with Crippen LogP contribution in [0.15, 0.2) is 41.3 Å². The Bertz CT molecular complexity index is 987. The van der Waals surface area contributed by atoms with E-state index in [0.717, 1.165) is 53.2 Å². The second-order valence-electron chi connectivity index (χ2n) is 7.41. The molecule has 1 aliphatic rings. The molecule has 7 heteroatoms. The van der Waals surface area contributed by atoms with Gasteiger partial charge in [-0.15, -0.1) is 0 Å². The second kappa shape index (κ2) is 11.6. The third kappa shape index (κ3) is 6.59.